The standard InChI is InChI=1S/C20H26N4O3S/c25-20(22-19-11-12-21-24(19)17-8-2-1-3-9-17)16-7-6-10-18(15-16)28(26,27)23-13-4-5-14-23/h6-7,10-12,15,17H,1-5,8-9,13-14H2,(H,22,25). The zero-order valence-corrected chi connectivity index (χ0v) is 16.7. The number of carbonyl (C=O) groups is 1. The maximum atomic E-state index is 12.8. The van der Waals surface area contributed by atoms with E-state index in [2.05, 4.69) is 10.4 Å². The third-order valence-corrected chi connectivity index (χ3v) is 7.53. The number of hydrogen-bond donors (Lipinski definition) is 1. The summed E-state index contributed by atoms with van der Waals surface area (Å²) in [5.74, 6) is 0.334. The molecule has 1 aromatic carbocycles. The molecule has 150 valence electrons. The summed E-state index contributed by atoms with van der Waals surface area (Å²) in [6.07, 6.45) is 9.18. The lowest BCUT2D eigenvalue weighted by Gasteiger charge is -2.24. The molecular formula is C20H26N4O3S. The highest BCUT2D eigenvalue weighted by Crippen LogP contribution is 2.30. The average Bonchev–Trinajstić information content (AvgIpc) is 3.41. The molecule has 1 amide bonds. The summed E-state index contributed by atoms with van der Waals surface area (Å²) in [4.78, 5) is 13.0. The van der Waals surface area contributed by atoms with Crippen molar-refractivity contribution in [1.82, 2.24) is 14.1 Å². The van der Waals surface area contributed by atoms with Crippen LogP contribution in [0.25, 0.3) is 0 Å². The molecule has 2 aromatic rings. The van der Waals surface area contributed by atoms with Crippen LogP contribution >= 0.6 is 0 Å². The molecule has 7 nitrogen and oxygen atoms in total. The molecule has 0 radical (unpaired) electrons. The number of nitrogens with zero attached hydrogens (tertiary/aromatic N) is 3. The summed E-state index contributed by atoms with van der Waals surface area (Å²) in [6, 6.07) is 8.37. The smallest absolute Gasteiger partial charge is 0.256 e. The van der Waals surface area contributed by atoms with Crippen LogP contribution < -0.4 is 5.32 Å². The van der Waals surface area contributed by atoms with Gasteiger partial charge in [-0.05, 0) is 43.9 Å². The molecule has 1 N–H and O–H groups in total. The fourth-order valence-electron chi connectivity index (χ4n) is 4.09. The van der Waals surface area contributed by atoms with E-state index in [0.717, 1.165) is 25.7 Å². The third-order valence-electron chi connectivity index (χ3n) is 5.63. The molecule has 2 aliphatic rings. The van der Waals surface area contributed by atoms with Gasteiger partial charge in [0, 0.05) is 24.7 Å². The van der Waals surface area contributed by atoms with Crippen molar-refractivity contribution >= 4 is 21.7 Å². The van der Waals surface area contributed by atoms with Gasteiger partial charge in [-0.1, -0.05) is 25.3 Å². The van der Waals surface area contributed by atoms with Crippen LogP contribution in [0.1, 0.15) is 61.3 Å². The largest absolute Gasteiger partial charge is 0.307 e. The van der Waals surface area contributed by atoms with Crippen LogP contribution in [0.4, 0.5) is 5.82 Å². The summed E-state index contributed by atoms with van der Waals surface area (Å²) in [7, 11) is -3.55. The topological polar surface area (TPSA) is 84.3 Å². The van der Waals surface area contributed by atoms with Gasteiger partial charge in [0.2, 0.25) is 10.0 Å². The molecule has 0 unspecified atom stereocenters. The molecule has 0 spiro atoms. The number of carbonyl (C=O) groups excluding carboxylic acids is 1. The van der Waals surface area contributed by atoms with Crippen molar-refractivity contribution in [1.29, 1.82) is 0 Å². The quantitative estimate of drug-likeness (QED) is 0.830. The van der Waals surface area contributed by atoms with Crippen LogP contribution in [0, 0.1) is 0 Å². The first-order valence-electron chi connectivity index (χ1n) is 10.0. The molecule has 1 aliphatic heterocycles. The van der Waals surface area contributed by atoms with Crippen molar-refractivity contribution in [3.8, 4) is 0 Å². The normalized spacial score (nSPS) is 19.0. The number of hydrogen-bond acceptors (Lipinski definition) is 4. The van der Waals surface area contributed by atoms with Gasteiger partial charge in [-0.15, -0.1) is 0 Å². The van der Waals surface area contributed by atoms with Crippen molar-refractivity contribution < 1.29 is 13.2 Å². The summed E-state index contributed by atoms with van der Waals surface area (Å²) >= 11 is 0. The second-order valence-electron chi connectivity index (χ2n) is 7.55. The predicted molar refractivity (Wildman–Crippen MR) is 107 cm³/mol. The van der Waals surface area contributed by atoms with E-state index < -0.39 is 10.0 Å². The van der Waals surface area contributed by atoms with Gasteiger partial charge >= 0.3 is 0 Å². The fourth-order valence-corrected chi connectivity index (χ4v) is 5.66. The van der Waals surface area contributed by atoms with E-state index in [-0.39, 0.29) is 10.8 Å². The molecule has 0 atom stereocenters. The lowest BCUT2D eigenvalue weighted by Crippen LogP contribution is -2.28. The van der Waals surface area contributed by atoms with Gasteiger partial charge in [0.05, 0.1) is 17.1 Å². The molecule has 1 aliphatic carbocycles. The zero-order valence-electron chi connectivity index (χ0n) is 15.9. The van der Waals surface area contributed by atoms with Crippen LogP contribution in [-0.2, 0) is 10.0 Å². The first kappa shape index (κ1) is 19.1. The van der Waals surface area contributed by atoms with Gasteiger partial charge in [0.15, 0.2) is 0 Å². The van der Waals surface area contributed by atoms with Crippen molar-refractivity contribution in [2.45, 2.75) is 55.9 Å². The Bertz CT molecular complexity index is 942. The molecule has 2 fully saturated rings. The number of benzene rings is 1. The lowest BCUT2D eigenvalue weighted by atomic mass is 9.96. The Morgan fingerprint density at radius 3 is 2.54 bits per heavy atom. The number of anilines is 1. The Morgan fingerprint density at radius 2 is 1.79 bits per heavy atom. The molecular weight excluding hydrogens is 376 g/mol. The van der Waals surface area contributed by atoms with E-state index in [9.17, 15) is 13.2 Å². The highest BCUT2D eigenvalue weighted by molar-refractivity contribution is 7.89. The van der Waals surface area contributed by atoms with E-state index >= 15 is 0 Å². The SMILES string of the molecule is O=C(Nc1ccnn1C1CCCCC1)c1cccc(S(=O)(=O)N2CCCC2)c1. The summed E-state index contributed by atoms with van der Waals surface area (Å²) in [5, 5.41) is 7.30. The van der Waals surface area contributed by atoms with Crippen LogP contribution in [0.15, 0.2) is 41.4 Å². The van der Waals surface area contributed by atoms with Gasteiger partial charge in [-0.3, -0.25) is 4.79 Å². The number of sulfonamides is 1. The van der Waals surface area contributed by atoms with Gasteiger partial charge < -0.3 is 5.32 Å². The van der Waals surface area contributed by atoms with Gasteiger partial charge in [0.1, 0.15) is 5.82 Å². The molecule has 1 saturated carbocycles. The first-order valence-corrected chi connectivity index (χ1v) is 11.4. The van der Waals surface area contributed by atoms with Crippen LogP contribution in [-0.4, -0.2) is 41.5 Å². The monoisotopic (exact) mass is 402 g/mol. The van der Waals surface area contributed by atoms with E-state index in [1.807, 2.05) is 4.68 Å². The maximum absolute atomic E-state index is 12.8. The second-order valence-corrected chi connectivity index (χ2v) is 9.48. The average molecular weight is 403 g/mol. The fraction of sp³-hybridized carbons (Fsp3) is 0.500. The lowest BCUT2D eigenvalue weighted by molar-refractivity contribution is 0.102. The minimum absolute atomic E-state index is 0.169. The molecule has 0 bridgehead atoms. The Balaban J connectivity index is 1.53. The molecule has 1 aromatic heterocycles. The van der Waals surface area contributed by atoms with Crippen molar-refractivity contribution in [3.05, 3.63) is 42.1 Å². The number of aromatic nitrogens is 2. The van der Waals surface area contributed by atoms with E-state index in [0.29, 0.717) is 30.5 Å². The predicted octanol–water partition coefficient (Wildman–Crippen LogP) is 3.43. The molecule has 1 saturated heterocycles. The highest BCUT2D eigenvalue weighted by atomic mass is 32.2. The minimum Gasteiger partial charge on any atom is -0.307 e. The number of amides is 1. The molecule has 8 heteroatoms. The Hall–Kier alpha value is -2.19. The number of nitrogens with one attached hydrogen (secondary N) is 1. The number of rotatable bonds is 5. The Kier molecular flexibility index (Phi) is 5.50. The summed E-state index contributed by atoms with van der Waals surface area (Å²) in [5.41, 5.74) is 0.330. The van der Waals surface area contributed by atoms with Crippen LogP contribution in [0.2, 0.25) is 0 Å². The molecule has 2 heterocycles. The highest BCUT2D eigenvalue weighted by Gasteiger charge is 2.28. The summed E-state index contributed by atoms with van der Waals surface area (Å²) in [6.45, 7) is 1.08. The van der Waals surface area contributed by atoms with Gasteiger partial charge in [-0.25, -0.2) is 13.1 Å². The van der Waals surface area contributed by atoms with Crippen LogP contribution in [0.3, 0.4) is 0 Å². The maximum Gasteiger partial charge on any atom is 0.256 e. The minimum atomic E-state index is -3.55. The van der Waals surface area contributed by atoms with Gasteiger partial charge in [-0.2, -0.15) is 9.40 Å². The molecule has 28 heavy (non-hydrogen) atoms. The second kappa shape index (κ2) is 8.05. The molecule has 4 rings (SSSR count). The third kappa shape index (κ3) is 3.84. The van der Waals surface area contributed by atoms with Crippen molar-refractivity contribution in [3.63, 3.8) is 0 Å². The van der Waals surface area contributed by atoms with Crippen LogP contribution in [0.5, 0.6) is 0 Å². The first-order chi connectivity index (χ1) is 13.6. The van der Waals surface area contributed by atoms with Crippen molar-refractivity contribution in [2.75, 3.05) is 18.4 Å². The Labute approximate surface area is 165 Å². The Morgan fingerprint density at radius 1 is 1.04 bits per heavy atom. The zero-order chi connectivity index (χ0) is 19.6. The van der Waals surface area contributed by atoms with Gasteiger partial charge in [0.25, 0.3) is 5.91 Å². The van der Waals surface area contributed by atoms with E-state index in [4.69, 9.17) is 0 Å². The van der Waals surface area contributed by atoms with E-state index in [1.54, 1.807) is 30.5 Å². The van der Waals surface area contributed by atoms with E-state index in [1.165, 1.54) is 29.6 Å². The van der Waals surface area contributed by atoms with Crippen molar-refractivity contribution in [2.24, 2.45) is 0 Å². The summed E-state index contributed by atoms with van der Waals surface area (Å²) < 4.78 is 28.9.